The highest BCUT2D eigenvalue weighted by Crippen LogP contribution is 2.17. The molecular formula is C13H22N6O. The molecule has 1 fully saturated rings. The van der Waals surface area contributed by atoms with E-state index in [4.69, 9.17) is 5.84 Å². The first-order valence-corrected chi connectivity index (χ1v) is 7.02. The summed E-state index contributed by atoms with van der Waals surface area (Å²) in [5.41, 5.74) is 3.37. The van der Waals surface area contributed by atoms with Crippen LogP contribution in [0.15, 0.2) is 6.33 Å². The number of piperidine rings is 1. The maximum Gasteiger partial charge on any atom is 0.224 e. The van der Waals surface area contributed by atoms with Crippen LogP contribution in [-0.2, 0) is 4.79 Å². The molecule has 0 saturated carbocycles. The number of nitrogens with zero attached hydrogens (tertiary/aromatic N) is 3. The van der Waals surface area contributed by atoms with Gasteiger partial charge in [-0.15, -0.1) is 0 Å². The number of nitrogens with two attached hydrogens (primary N) is 1. The van der Waals surface area contributed by atoms with Crippen molar-refractivity contribution in [3.8, 4) is 0 Å². The van der Waals surface area contributed by atoms with Crippen LogP contribution in [0.25, 0.3) is 0 Å². The molecule has 0 radical (unpaired) electrons. The van der Waals surface area contributed by atoms with E-state index >= 15 is 0 Å². The summed E-state index contributed by atoms with van der Waals surface area (Å²) in [6.07, 6.45) is 5.40. The molecule has 1 aromatic heterocycles. The Morgan fingerprint density at radius 3 is 2.70 bits per heavy atom. The van der Waals surface area contributed by atoms with Gasteiger partial charge in [0.2, 0.25) is 5.91 Å². The van der Waals surface area contributed by atoms with Crippen LogP contribution in [0.4, 0.5) is 11.6 Å². The van der Waals surface area contributed by atoms with Gasteiger partial charge in [0, 0.05) is 31.6 Å². The number of hydrogen-bond acceptors (Lipinski definition) is 6. The van der Waals surface area contributed by atoms with E-state index < -0.39 is 0 Å². The van der Waals surface area contributed by atoms with Crippen molar-refractivity contribution < 1.29 is 4.79 Å². The summed E-state index contributed by atoms with van der Waals surface area (Å²) >= 11 is 0. The van der Waals surface area contributed by atoms with Crippen molar-refractivity contribution >= 4 is 17.5 Å². The van der Waals surface area contributed by atoms with E-state index in [0.29, 0.717) is 24.6 Å². The quantitative estimate of drug-likeness (QED) is 0.546. The van der Waals surface area contributed by atoms with E-state index in [0.717, 1.165) is 31.5 Å². The molecular weight excluding hydrogens is 256 g/mol. The van der Waals surface area contributed by atoms with Crippen LogP contribution in [0.1, 0.15) is 31.2 Å². The van der Waals surface area contributed by atoms with Gasteiger partial charge in [-0.1, -0.05) is 0 Å². The van der Waals surface area contributed by atoms with Crippen molar-refractivity contribution in [3.63, 3.8) is 0 Å². The summed E-state index contributed by atoms with van der Waals surface area (Å²) in [4.78, 5) is 22.1. The van der Waals surface area contributed by atoms with Crippen molar-refractivity contribution in [2.45, 2.75) is 32.6 Å². The van der Waals surface area contributed by atoms with Crippen molar-refractivity contribution in [3.05, 3.63) is 11.9 Å². The third-order valence-electron chi connectivity index (χ3n) is 3.56. The Morgan fingerprint density at radius 1 is 1.30 bits per heavy atom. The number of aromatic nitrogens is 2. The lowest BCUT2D eigenvalue weighted by molar-refractivity contribution is -0.131. The number of nitrogens with one attached hydrogen (secondary N) is 2. The number of anilines is 2. The Morgan fingerprint density at radius 2 is 2.00 bits per heavy atom. The first-order chi connectivity index (χ1) is 9.72. The van der Waals surface area contributed by atoms with Gasteiger partial charge in [-0.05, 0) is 26.2 Å². The molecule has 0 aliphatic carbocycles. The van der Waals surface area contributed by atoms with Gasteiger partial charge in [0.05, 0.1) is 0 Å². The number of amides is 1. The summed E-state index contributed by atoms with van der Waals surface area (Å²) < 4.78 is 0. The van der Waals surface area contributed by atoms with E-state index in [9.17, 15) is 4.79 Å². The summed E-state index contributed by atoms with van der Waals surface area (Å²) in [6.45, 7) is 4.24. The molecule has 0 spiro atoms. The molecule has 1 saturated heterocycles. The van der Waals surface area contributed by atoms with Gasteiger partial charge in [0.1, 0.15) is 18.0 Å². The number of nitrogen functional groups attached to an aromatic ring is 1. The van der Waals surface area contributed by atoms with E-state index in [1.54, 1.807) is 0 Å². The Kier molecular flexibility index (Phi) is 5.11. The highest BCUT2D eigenvalue weighted by molar-refractivity contribution is 5.76. The van der Waals surface area contributed by atoms with Crippen molar-refractivity contribution in [1.82, 2.24) is 14.9 Å². The average molecular weight is 278 g/mol. The largest absolute Gasteiger partial charge is 0.369 e. The lowest BCUT2D eigenvalue weighted by Crippen LogP contribution is -2.36. The minimum absolute atomic E-state index is 0.209. The molecule has 1 aromatic rings. The molecule has 0 aromatic carbocycles. The van der Waals surface area contributed by atoms with Crippen molar-refractivity contribution in [1.29, 1.82) is 0 Å². The Bertz CT molecular complexity index is 458. The number of hydrogen-bond donors (Lipinski definition) is 3. The second-order valence-corrected chi connectivity index (χ2v) is 4.96. The Hall–Kier alpha value is -1.89. The normalized spacial score (nSPS) is 15.0. The number of rotatable bonds is 5. The van der Waals surface area contributed by atoms with Gasteiger partial charge >= 0.3 is 0 Å². The molecule has 0 bridgehead atoms. The first-order valence-electron chi connectivity index (χ1n) is 7.02. The number of carbonyl (C=O) groups is 1. The molecule has 20 heavy (non-hydrogen) atoms. The van der Waals surface area contributed by atoms with Gasteiger partial charge in [0.25, 0.3) is 0 Å². The molecule has 1 aliphatic rings. The third kappa shape index (κ3) is 3.57. The average Bonchev–Trinajstić information content (AvgIpc) is 2.49. The van der Waals surface area contributed by atoms with E-state index in [1.807, 2.05) is 11.8 Å². The number of carbonyl (C=O) groups excluding carboxylic acids is 1. The topological polar surface area (TPSA) is 96.2 Å². The zero-order valence-corrected chi connectivity index (χ0v) is 11.9. The molecule has 0 atom stereocenters. The summed E-state index contributed by atoms with van der Waals surface area (Å²) in [5.74, 6) is 6.87. The molecule has 110 valence electrons. The smallest absolute Gasteiger partial charge is 0.224 e. The van der Waals surface area contributed by atoms with Gasteiger partial charge in [-0.2, -0.15) is 0 Å². The SMILES string of the molecule is Cc1c(NN)ncnc1NCCC(=O)N1CCCCC1. The van der Waals surface area contributed by atoms with Crippen molar-refractivity contribution in [2.24, 2.45) is 5.84 Å². The predicted octanol–water partition coefficient (Wildman–Crippen LogP) is 0.885. The molecule has 7 nitrogen and oxygen atoms in total. The minimum atomic E-state index is 0.209. The predicted molar refractivity (Wildman–Crippen MR) is 78.1 cm³/mol. The van der Waals surface area contributed by atoms with E-state index in [-0.39, 0.29) is 5.91 Å². The summed E-state index contributed by atoms with van der Waals surface area (Å²) in [7, 11) is 0. The zero-order valence-electron chi connectivity index (χ0n) is 11.9. The molecule has 1 amide bonds. The molecule has 1 aliphatic heterocycles. The fraction of sp³-hybridized carbons (Fsp3) is 0.615. The maximum absolute atomic E-state index is 12.0. The lowest BCUT2D eigenvalue weighted by Gasteiger charge is -2.26. The zero-order chi connectivity index (χ0) is 14.4. The monoisotopic (exact) mass is 278 g/mol. The van der Waals surface area contributed by atoms with E-state index in [2.05, 4.69) is 20.7 Å². The second-order valence-electron chi connectivity index (χ2n) is 4.96. The molecule has 0 unspecified atom stereocenters. The molecule has 7 heteroatoms. The van der Waals surface area contributed by atoms with Crippen molar-refractivity contribution in [2.75, 3.05) is 30.4 Å². The Balaban J connectivity index is 1.82. The van der Waals surface area contributed by atoms with Crippen LogP contribution < -0.4 is 16.6 Å². The first kappa shape index (κ1) is 14.5. The fourth-order valence-corrected chi connectivity index (χ4v) is 2.36. The Labute approximate surface area is 118 Å². The third-order valence-corrected chi connectivity index (χ3v) is 3.56. The lowest BCUT2D eigenvalue weighted by atomic mass is 10.1. The van der Waals surface area contributed by atoms with Crippen LogP contribution in [0.3, 0.4) is 0 Å². The molecule has 4 N–H and O–H groups in total. The fourth-order valence-electron chi connectivity index (χ4n) is 2.36. The highest BCUT2D eigenvalue weighted by Gasteiger charge is 2.16. The van der Waals surface area contributed by atoms with E-state index in [1.165, 1.54) is 12.7 Å². The maximum atomic E-state index is 12.0. The van der Waals surface area contributed by atoms with Gasteiger partial charge in [0.15, 0.2) is 0 Å². The van der Waals surface area contributed by atoms with Crippen LogP contribution in [0.2, 0.25) is 0 Å². The van der Waals surface area contributed by atoms with Crippen LogP contribution in [0, 0.1) is 6.92 Å². The summed E-state index contributed by atoms with van der Waals surface area (Å²) in [5, 5.41) is 3.16. The number of likely N-dealkylation sites (tertiary alicyclic amines) is 1. The molecule has 2 heterocycles. The minimum Gasteiger partial charge on any atom is -0.369 e. The molecule has 2 rings (SSSR count). The standard InChI is InChI=1S/C13H22N6O/c1-10-12(16-9-17-13(10)18-14)15-6-5-11(20)19-7-3-2-4-8-19/h9H,2-8,14H2,1H3,(H2,15,16,17,18). The van der Waals surface area contributed by atoms with Gasteiger partial charge in [-0.3, -0.25) is 4.79 Å². The number of hydrazine groups is 1. The second kappa shape index (κ2) is 7.04. The van der Waals surface area contributed by atoms with Gasteiger partial charge < -0.3 is 15.6 Å². The highest BCUT2D eigenvalue weighted by atomic mass is 16.2. The van der Waals surface area contributed by atoms with Crippen LogP contribution in [0.5, 0.6) is 0 Å². The summed E-state index contributed by atoms with van der Waals surface area (Å²) in [6, 6.07) is 0. The van der Waals surface area contributed by atoms with Gasteiger partial charge in [-0.25, -0.2) is 15.8 Å². The van der Waals surface area contributed by atoms with Crippen LogP contribution in [-0.4, -0.2) is 40.4 Å². The van der Waals surface area contributed by atoms with Crippen LogP contribution >= 0.6 is 0 Å².